The maximum atomic E-state index is 11.2. The highest BCUT2D eigenvalue weighted by atomic mass is 16.1. The lowest BCUT2D eigenvalue weighted by Crippen LogP contribution is -2.07. The van der Waals surface area contributed by atoms with Crippen LogP contribution in [-0.2, 0) is 17.6 Å². The van der Waals surface area contributed by atoms with Gasteiger partial charge in [0.2, 0.25) is 5.91 Å². The summed E-state index contributed by atoms with van der Waals surface area (Å²) in [6, 6.07) is 17.8. The zero-order chi connectivity index (χ0) is 17.8. The number of rotatable bonds is 4. The lowest BCUT2D eigenvalue weighted by atomic mass is 10.00. The van der Waals surface area contributed by atoms with Crippen LogP contribution >= 0.6 is 0 Å². The quantitative estimate of drug-likeness (QED) is 0.786. The molecule has 0 bridgehead atoms. The molecule has 3 rings (SSSR count). The molecule has 1 amide bonds. The van der Waals surface area contributed by atoms with Crippen molar-refractivity contribution in [2.45, 2.75) is 19.8 Å². The second kappa shape index (κ2) is 7.14. The second-order valence-corrected chi connectivity index (χ2v) is 6.05. The molecule has 1 heterocycles. The van der Waals surface area contributed by atoms with Gasteiger partial charge in [0.15, 0.2) is 0 Å². The van der Waals surface area contributed by atoms with Crippen molar-refractivity contribution in [3.63, 3.8) is 0 Å². The Labute approximate surface area is 147 Å². The Morgan fingerprint density at radius 3 is 2.64 bits per heavy atom. The van der Waals surface area contributed by atoms with Crippen LogP contribution in [0.4, 0.5) is 5.82 Å². The van der Waals surface area contributed by atoms with Gasteiger partial charge >= 0.3 is 0 Å². The van der Waals surface area contributed by atoms with E-state index in [0.29, 0.717) is 11.4 Å². The summed E-state index contributed by atoms with van der Waals surface area (Å²) in [6.45, 7) is 5.39. The van der Waals surface area contributed by atoms with E-state index in [4.69, 9.17) is 5.26 Å². The van der Waals surface area contributed by atoms with Crippen molar-refractivity contribution in [3.05, 3.63) is 77.7 Å². The number of anilines is 1. The van der Waals surface area contributed by atoms with Gasteiger partial charge in [-0.1, -0.05) is 18.2 Å². The van der Waals surface area contributed by atoms with Gasteiger partial charge < -0.3 is 5.32 Å². The molecular weight excluding hydrogens is 310 g/mol. The third-order valence-electron chi connectivity index (χ3n) is 3.94. The monoisotopic (exact) mass is 328 g/mol. The van der Waals surface area contributed by atoms with E-state index in [2.05, 4.69) is 29.4 Å². The van der Waals surface area contributed by atoms with Crippen LogP contribution < -0.4 is 5.32 Å². The van der Waals surface area contributed by atoms with Crippen molar-refractivity contribution in [2.24, 2.45) is 0 Å². The molecule has 25 heavy (non-hydrogen) atoms. The molecule has 0 aliphatic carbocycles. The van der Waals surface area contributed by atoms with E-state index < -0.39 is 0 Å². The second-order valence-electron chi connectivity index (χ2n) is 6.05. The molecule has 0 saturated carbocycles. The molecule has 0 aliphatic heterocycles. The van der Waals surface area contributed by atoms with Crippen LogP contribution in [0.15, 0.2) is 48.5 Å². The Morgan fingerprint density at radius 2 is 1.88 bits per heavy atom. The van der Waals surface area contributed by atoms with E-state index in [0.717, 1.165) is 40.4 Å². The Hall–Kier alpha value is -3.19. The third kappa shape index (κ3) is 4.21. The van der Waals surface area contributed by atoms with Crippen molar-refractivity contribution < 1.29 is 4.79 Å². The van der Waals surface area contributed by atoms with E-state index in [1.54, 1.807) is 12.1 Å². The molecule has 0 atom stereocenters. The van der Waals surface area contributed by atoms with Gasteiger partial charge in [0.05, 0.1) is 17.1 Å². The van der Waals surface area contributed by atoms with Crippen LogP contribution in [-0.4, -0.2) is 10.9 Å². The number of amides is 1. The van der Waals surface area contributed by atoms with Crippen molar-refractivity contribution in [1.82, 2.24) is 4.98 Å². The maximum absolute atomic E-state index is 11.2. The summed E-state index contributed by atoms with van der Waals surface area (Å²) in [7, 11) is 0. The molecule has 0 unspecified atom stereocenters. The number of carbonyl (C=O) groups is 1. The summed E-state index contributed by atoms with van der Waals surface area (Å²) >= 11 is 0. The SMILES string of the molecule is [CH2]c1cc(C#N)cc(CCc2ccc3ccc(NC(C)=O)nc3c2)c1. The Morgan fingerprint density at radius 1 is 1.12 bits per heavy atom. The number of aromatic nitrogens is 1. The van der Waals surface area contributed by atoms with Crippen molar-refractivity contribution in [1.29, 1.82) is 5.26 Å². The topological polar surface area (TPSA) is 65.8 Å². The molecule has 0 saturated heterocycles. The third-order valence-corrected chi connectivity index (χ3v) is 3.94. The van der Waals surface area contributed by atoms with E-state index in [1.165, 1.54) is 6.92 Å². The fraction of sp³-hybridized carbons (Fsp3) is 0.143. The molecule has 4 heteroatoms. The van der Waals surface area contributed by atoms with Crippen LogP contribution in [0.2, 0.25) is 0 Å². The summed E-state index contributed by atoms with van der Waals surface area (Å²) in [5.41, 5.74) is 4.61. The van der Waals surface area contributed by atoms with Gasteiger partial charge in [0.1, 0.15) is 5.82 Å². The molecule has 2 aromatic carbocycles. The number of nitrogens with one attached hydrogen (secondary N) is 1. The summed E-state index contributed by atoms with van der Waals surface area (Å²) in [4.78, 5) is 15.7. The molecule has 1 N–H and O–H groups in total. The number of fused-ring (bicyclic) bond motifs is 1. The first kappa shape index (κ1) is 16.7. The number of nitrogens with zero attached hydrogens (tertiary/aromatic N) is 2. The Bertz CT molecular complexity index is 986. The summed E-state index contributed by atoms with van der Waals surface area (Å²) in [6.07, 6.45) is 1.67. The minimum Gasteiger partial charge on any atom is -0.311 e. The highest BCUT2D eigenvalue weighted by Gasteiger charge is 2.04. The highest BCUT2D eigenvalue weighted by molar-refractivity contribution is 5.89. The number of carbonyl (C=O) groups excluding carboxylic acids is 1. The minimum atomic E-state index is -0.135. The lowest BCUT2D eigenvalue weighted by Gasteiger charge is -2.07. The van der Waals surface area contributed by atoms with Crippen LogP contribution in [0.5, 0.6) is 0 Å². The smallest absolute Gasteiger partial charge is 0.222 e. The standard InChI is InChI=1S/C21H18N3O/c1-14-9-17(11-18(10-14)13-22)4-3-16-5-6-19-7-8-21(23-15(2)25)24-20(19)12-16/h5-12H,1,3-4H2,2H3,(H,23,24,25). The van der Waals surface area contributed by atoms with E-state index in [9.17, 15) is 4.79 Å². The van der Waals surface area contributed by atoms with Gasteiger partial charge in [0.25, 0.3) is 0 Å². The molecule has 0 spiro atoms. The zero-order valence-electron chi connectivity index (χ0n) is 14.0. The van der Waals surface area contributed by atoms with Gasteiger partial charge in [-0.05, 0) is 66.8 Å². The number of pyridine rings is 1. The van der Waals surface area contributed by atoms with E-state index >= 15 is 0 Å². The Balaban J connectivity index is 1.80. The van der Waals surface area contributed by atoms with Gasteiger partial charge in [0, 0.05) is 12.3 Å². The van der Waals surface area contributed by atoms with Crippen LogP contribution in [0.3, 0.4) is 0 Å². The molecule has 0 aliphatic rings. The fourth-order valence-corrected chi connectivity index (χ4v) is 2.83. The highest BCUT2D eigenvalue weighted by Crippen LogP contribution is 2.19. The van der Waals surface area contributed by atoms with Crippen molar-refractivity contribution in [3.8, 4) is 6.07 Å². The van der Waals surface area contributed by atoms with Crippen molar-refractivity contribution in [2.75, 3.05) is 5.32 Å². The number of hydrogen-bond acceptors (Lipinski definition) is 3. The predicted molar refractivity (Wildman–Crippen MR) is 99.1 cm³/mol. The molecule has 123 valence electrons. The largest absolute Gasteiger partial charge is 0.311 e. The van der Waals surface area contributed by atoms with Crippen LogP contribution in [0.1, 0.15) is 29.2 Å². The number of benzene rings is 2. The number of aryl methyl sites for hydroxylation is 2. The molecule has 1 radical (unpaired) electrons. The first-order valence-corrected chi connectivity index (χ1v) is 8.07. The van der Waals surface area contributed by atoms with Crippen LogP contribution in [0, 0.1) is 18.3 Å². The maximum Gasteiger partial charge on any atom is 0.222 e. The van der Waals surface area contributed by atoms with Crippen LogP contribution in [0.25, 0.3) is 10.9 Å². The molecule has 1 aromatic heterocycles. The molecule has 0 fully saturated rings. The number of hydrogen-bond donors (Lipinski definition) is 1. The first-order valence-electron chi connectivity index (χ1n) is 8.07. The first-order chi connectivity index (χ1) is 12.0. The van der Waals surface area contributed by atoms with E-state index in [1.807, 2.05) is 30.3 Å². The van der Waals surface area contributed by atoms with Gasteiger partial charge in [-0.25, -0.2) is 4.98 Å². The van der Waals surface area contributed by atoms with Crippen molar-refractivity contribution >= 4 is 22.6 Å². The predicted octanol–water partition coefficient (Wildman–Crippen LogP) is 4.03. The van der Waals surface area contributed by atoms with Gasteiger partial charge in [-0.15, -0.1) is 0 Å². The Kier molecular flexibility index (Phi) is 4.76. The van der Waals surface area contributed by atoms with E-state index in [-0.39, 0.29) is 5.91 Å². The van der Waals surface area contributed by atoms with Gasteiger partial charge in [-0.3, -0.25) is 4.79 Å². The number of nitriles is 1. The summed E-state index contributed by atoms with van der Waals surface area (Å²) in [5, 5.41) is 12.8. The average Bonchev–Trinajstić information content (AvgIpc) is 2.58. The fourth-order valence-electron chi connectivity index (χ4n) is 2.83. The van der Waals surface area contributed by atoms with Gasteiger partial charge in [-0.2, -0.15) is 5.26 Å². The minimum absolute atomic E-state index is 0.135. The lowest BCUT2D eigenvalue weighted by molar-refractivity contribution is -0.114. The summed E-state index contributed by atoms with van der Waals surface area (Å²) in [5.74, 6) is 0.421. The zero-order valence-corrected chi connectivity index (χ0v) is 14.0. The normalized spacial score (nSPS) is 10.4. The summed E-state index contributed by atoms with van der Waals surface area (Å²) < 4.78 is 0. The average molecular weight is 328 g/mol. The molecule has 4 nitrogen and oxygen atoms in total. The molecular formula is C21H18N3O. The molecule has 3 aromatic rings.